The first-order valence-corrected chi connectivity index (χ1v) is 7.56. The van der Waals surface area contributed by atoms with Crippen LogP contribution in [0.15, 0.2) is 29.2 Å². The van der Waals surface area contributed by atoms with E-state index in [1.165, 1.54) is 22.5 Å². The molecule has 20 heavy (non-hydrogen) atoms. The summed E-state index contributed by atoms with van der Waals surface area (Å²) in [6, 6.07) is 3.57. The van der Waals surface area contributed by atoms with Crippen LogP contribution in [0.2, 0.25) is 0 Å². The number of halogens is 1. The second-order valence-electron chi connectivity index (χ2n) is 4.47. The van der Waals surface area contributed by atoms with Crippen LogP contribution >= 0.6 is 0 Å². The van der Waals surface area contributed by atoms with Crippen molar-refractivity contribution in [3.05, 3.63) is 35.7 Å². The normalized spacial score (nSPS) is 16.9. The Kier molecular flexibility index (Phi) is 4.20. The van der Waals surface area contributed by atoms with Crippen molar-refractivity contribution >= 4 is 22.1 Å². The van der Waals surface area contributed by atoms with Crippen molar-refractivity contribution in [1.82, 2.24) is 4.31 Å². The maximum atomic E-state index is 13.9. The molecule has 0 atom stereocenters. The van der Waals surface area contributed by atoms with Gasteiger partial charge in [-0.1, -0.05) is 6.07 Å². The highest BCUT2D eigenvalue weighted by Gasteiger charge is 2.29. The van der Waals surface area contributed by atoms with Gasteiger partial charge in [0.1, 0.15) is 10.7 Å². The summed E-state index contributed by atoms with van der Waals surface area (Å²) in [6.45, 7) is 0.810. The smallest absolute Gasteiger partial charge is 0.328 e. The van der Waals surface area contributed by atoms with Gasteiger partial charge in [0, 0.05) is 19.2 Å². The summed E-state index contributed by atoms with van der Waals surface area (Å²) in [7, 11) is -3.80. The van der Waals surface area contributed by atoms with E-state index in [9.17, 15) is 17.6 Å². The average molecular weight is 299 g/mol. The second-order valence-corrected chi connectivity index (χ2v) is 6.38. The van der Waals surface area contributed by atoms with E-state index in [-0.39, 0.29) is 4.90 Å². The topological polar surface area (TPSA) is 74.7 Å². The Hall–Kier alpha value is -1.73. The first kappa shape index (κ1) is 14.7. The summed E-state index contributed by atoms with van der Waals surface area (Å²) < 4.78 is 39.6. The molecule has 0 unspecified atom stereocenters. The van der Waals surface area contributed by atoms with Crippen molar-refractivity contribution in [1.29, 1.82) is 0 Å². The summed E-state index contributed by atoms with van der Waals surface area (Å²) >= 11 is 0. The molecule has 0 amide bonds. The highest BCUT2D eigenvalue weighted by molar-refractivity contribution is 7.89. The highest BCUT2D eigenvalue weighted by Crippen LogP contribution is 2.24. The van der Waals surface area contributed by atoms with E-state index in [4.69, 9.17) is 5.11 Å². The molecule has 1 fully saturated rings. The van der Waals surface area contributed by atoms with Crippen LogP contribution in [0.5, 0.6) is 0 Å². The SMILES string of the molecule is O=C(O)/C=C/c1ccc(S(=O)(=O)N2CCCC2)c(F)c1. The lowest BCUT2D eigenvalue weighted by Crippen LogP contribution is -2.28. The average Bonchev–Trinajstić information content (AvgIpc) is 2.90. The number of rotatable bonds is 4. The van der Waals surface area contributed by atoms with Gasteiger partial charge in [0.2, 0.25) is 10.0 Å². The number of hydrogen-bond donors (Lipinski definition) is 1. The molecule has 1 N–H and O–H groups in total. The lowest BCUT2D eigenvalue weighted by atomic mass is 10.2. The predicted molar refractivity (Wildman–Crippen MR) is 71.1 cm³/mol. The number of aliphatic carboxylic acids is 1. The molecule has 1 aromatic carbocycles. The number of carboxylic acid groups (broad SMARTS) is 1. The van der Waals surface area contributed by atoms with Crippen LogP contribution in [0.1, 0.15) is 18.4 Å². The molecule has 1 saturated heterocycles. The van der Waals surface area contributed by atoms with E-state index in [0.29, 0.717) is 18.7 Å². The monoisotopic (exact) mass is 299 g/mol. The van der Waals surface area contributed by atoms with Crippen LogP contribution in [-0.2, 0) is 14.8 Å². The maximum Gasteiger partial charge on any atom is 0.328 e. The lowest BCUT2D eigenvalue weighted by Gasteiger charge is -2.16. The fourth-order valence-electron chi connectivity index (χ4n) is 2.07. The molecule has 1 aromatic rings. The molecule has 0 bridgehead atoms. The molecule has 0 spiro atoms. The fourth-order valence-corrected chi connectivity index (χ4v) is 3.63. The van der Waals surface area contributed by atoms with Crippen molar-refractivity contribution in [2.24, 2.45) is 0 Å². The Labute approximate surface area is 116 Å². The van der Waals surface area contributed by atoms with Gasteiger partial charge in [0.25, 0.3) is 0 Å². The van der Waals surface area contributed by atoms with Crippen molar-refractivity contribution in [2.75, 3.05) is 13.1 Å². The Morgan fingerprint density at radius 2 is 1.95 bits per heavy atom. The molecule has 1 heterocycles. The Morgan fingerprint density at radius 3 is 2.50 bits per heavy atom. The Morgan fingerprint density at radius 1 is 1.30 bits per heavy atom. The number of benzene rings is 1. The van der Waals surface area contributed by atoms with E-state index >= 15 is 0 Å². The molecule has 0 saturated carbocycles. The molecule has 108 valence electrons. The van der Waals surface area contributed by atoms with E-state index in [1.807, 2.05) is 0 Å². The van der Waals surface area contributed by atoms with Crippen LogP contribution in [0.3, 0.4) is 0 Å². The Balaban J connectivity index is 2.32. The number of carboxylic acids is 1. The van der Waals surface area contributed by atoms with Crippen LogP contribution in [0.4, 0.5) is 4.39 Å². The van der Waals surface area contributed by atoms with Crippen molar-refractivity contribution in [3.8, 4) is 0 Å². The van der Waals surface area contributed by atoms with Gasteiger partial charge in [-0.05, 0) is 36.6 Å². The minimum atomic E-state index is -3.80. The predicted octanol–water partition coefficient (Wildman–Crippen LogP) is 1.71. The van der Waals surface area contributed by atoms with Crippen LogP contribution < -0.4 is 0 Å². The molecule has 5 nitrogen and oxygen atoms in total. The standard InChI is InChI=1S/C13H14FNO4S/c14-11-9-10(4-6-13(16)17)3-5-12(11)20(18,19)15-7-1-2-8-15/h3-6,9H,1-2,7-8H2,(H,16,17)/b6-4+. The summed E-state index contributed by atoms with van der Waals surface area (Å²) in [5.41, 5.74) is 0.297. The molecule has 1 aliphatic heterocycles. The molecular formula is C13H14FNO4S. The van der Waals surface area contributed by atoms with Gasteiger partial charge < -0.3 is 5.11 Å². The minimum Gasteiger partial charge on any atom is -0.478 e. The zero-order valence-corrected chi connectivity index (χ0v) is 11.4. The van der Waals surface area contributed by atoms with Crippen molar-refractivity contribution < 1.29 is 22.7 Å². The molecule has 1 aliphatic rings. The first-order chi connectivity index (χ1) is 9.41. The summed E-state index contributed by atoms with van der Waals surface area (Å²) in [6.07, 6.45) is 3.63. The van der Waals surface area contributed by atoms with Gasteiger partial charge in [0.15, 0.2) is 0 Å². The third-order valence-electron chi connectivity index (χ3n) is 3.06. The molecule has 0 aromatic heterocycles. The van der Waals surface area contributed by atoms with Gasteiger partial charge in [-0.15, -0.1) is 0 Å². The van der Waals surface area contributed by atoms with Gasteiger partial charge in [-0.25, -0.2) is 17.6 Å². The molecule has 2 rings (SSSR count). The first-order valence-electron chi connectivity index (χ1n) is 6.12. The lowest BCUT2D eigenvalue weighted by molar-refractivity contribution is -0.131. The van der Waals surface area contributed by atoms with E-state index in [2.05, 4.69) is 0 Å². The molecular weight excluding hydrogens is 285 g/mol. The second kappa shape index (κ2) is 5.72. The number of nitrogens with zero attached hydrogens (tertiary/aromatic N) is 1. The van der Waals surface area contributed by atoms with E-state index < -0.39 is 21.8 Å². The van der Waals surface area contributed by atoms with Crippen LogP contribution in [0.25, 0.3) is 6.08 Å². The van der Waals surface area contributed by atoms with E-state index in [0.717, 1.165) is 25.0 Å². The zero-order valence-electron chi connectivity index (χ0n) is 10.6. The largest absolute Gasteiger partial charge is 0.478 e. The quantitative estimate of drug-likeness (QED) is 0.859. The maximum absolute atomic E-state index is 13.9. The zero-order chi connectivity index (χ0) is 14.8. The minimum absolute atomic E-state index is 0.297. The number of sulfonamides is 1. The van der Waals surface area contributed by atoms with Crippen molar-refractivity contribution in [3.63, 3.8) is 0 Å². The van der Waals surface area contributed by atoms with Crippen molar-refractivity contribution in [2.45, 2.75) is 17.7 Å². The van der Waals surface area contributed by atoms with Gasteiger partial charge in [-0.3, -0.25) is 0 Å². The molecule has 0 aliphatic carbocycles. The van der Waals surface area contributed by atoms with Gasteiger partial charge >= 0.3 is 5.97 Å². The third-order valence-corrected chi connectivity index (χ3v) is 4.99. The summed E-state index contributed by atoms with van der Waals surface area (Å²) in [4.78, 5) is 10.0. The number of carbonyl (C=O) groups is 1. The fraction of sp³-hybridized carbons (Fsp3) is 0.308. The molecule has 0 radical (unpaired) electrons. The van der Waals surface area contributed by atoms with E-state index in [1.54, 1.807) is 0 Å². The summed E-state index contributed by atoms with van der Waals surface area (Å²) in [5, 5.41) is 8.49. The van der Waals surface area contributed by atoms with Gasteiger partial charge in [-0.2, -0.15) is 4.31 Å². The summed E-state index contributed by atoms with van der Waals surface area (Å²) in [5.74, 6) is -2.02. The Bertz CT molecular complexity index is 648. The number of hydrogen-bond acceptors (Lipinski definition) is 3. The van der Waals surface area contributed by atoms with Crippen LogP contribution in [0, 0.1) is 5.82 Å². The van der Waals surface area contributed by atoms with Crippen LogP contribution in [-0.4, -0.2) is 36.9 Å². The highest BCUT2D eigenvalue weighted by atomic mass is 32.2. The molecule has 7 heteroatoms. The van der Waals surface area contributed by atoms with Gasteiger partial charge in [0.05, 0.1) is 0 Å². The third kappa shape index (κ3) is 3.05.